The Balaban J connectivity index is 1.38. The maximum absolute atomic E-state index is 13.0. The van der Waals surface area contributed by atoms with Crippen molar-refractivity contribution in [3.05, 3.63) is 41.9 Å². The van der Waals surface area contributed by atoms with Gasteiger partial charge in [0, 0.05) is 30.0 Å². The molecule has 1 aromatic carbocycles. The monoisotopic (exact) mass is 407 g/mol. The highest BCUT2D eigenvalue weighted by Gasteiger charge is 2.38. The van der Waals surface area contributed by atoms with Gasteiger partial charge in [-0.05, 0) is 51.0 Å². The molecule has 1 aliphatic heterocycles. The lowest BCUT2D eigenvalue weighted by molar-refractivity contribution is 0.102. The quantitative estimate of drug-likeness (QED) is 0.668. The predicted octanol–water partition coefficient (Wildman–Crippen LogP) is 3.58. The zero-order valence-corrected chi connectivity index (χ0v) is 17.2. The number of carbonyl (C=O) groups is 1. The van der Waals surface area contributed by atoms with Crippen molar-refractivity contribution in [2.24, 2.45) is 0 Å². The molecule has 5 rings (SSSR count). The highest BCUT2D eigenvalue weighted by Crippen LogP contribution is 2.40. The summed E-state index contributed by atoms with van der Waals surface area (Å²) in [7, 11) is 0. The summed E-state index contributed by atoms with van der Waals surface area (Å²) in [6, 6.07) is 7.86. The Hall–Kier alpha value is -3.13. The average molecular weight is 407 g/mol. The number of benzene rings is 1. The van der Waals surface area contributed by atoms with Gasteiger partial charge >= 0.3 is 0 Å². The number of anilines is 3. The van der Waals surface area contributed by atoms with Crippen molar-refractivity contribution in [1.29, 1.82) is 0 Å². The Kier molecular flexibility index (Phi) is 4.58. The van der Waals surface area contributed by atoms with Gasteiger partial charge < -0.3 is 24.7 Å². The number of fused-ring (bicyclic) bond motifs is 1. The van der Waals surface area contributed by atoms with Crippen molar-refractivity contribution in [2.45, 2.75) is 32.2 Å². The van der Waals surface area contributed by atoms with Crippen LogP contribution in [0.25, 0.3) is 11.1 Å². The van der Waals surface area contributed by atoms with Crippen LogP contribution in [0.1, 0.15) is 35.9 Å². The van der Waals surface area contributed by atoms with E-state index in [0.29, 0.717) is 28.3 Å². The van der Waals surface area contributed by atoms with Crippen LogP contribution in [0, 0.1) is 6.92 Å². The molecule has 0 atom stereocenters. The van der Waals surface area contributed by atoms with Gasteiger partial charge in [0.25, 0.3) is 5.91 Å². The van der Waals surface area contributed by atoms with E-state index in [1.54, 1.807) is 0 Å². The summed E-state index contributed by atoms with van der Waals surface area (Å²) in [6.07, 6.45) is 3.61. The number of hydrogen-bond acceptors (Lipinski definition) is 7. The van der Waals surface area contributed by atoms with Gasteiger partial charge in [0.15, 0.2) is 0 Å². The van der Waals surface area contributed by atoms with Crippen molar-refractivity contribution in [3.8, 4) is 0 Å². The highest BCUT2D eigenvalue weighted by molar-refractivity contribution is 6.14. The van der Waals surface area contributed by atoms with E-state index in [9.17, 15) is 4.79 Å². The van der Waals surface area contributed by atoms with Gasteiger partial charge in [-0.3, -0.25) is 4.79 Å². The maximum atomic E-state index is 13.0. The number of aryl methyl sites for hydroxylation is 1. The highest BCUT2D eigenvalue weighted by atomic mass is 16.5. The number of carbonyl (C=O) groups excluding carboxylic acids is 1. The summed E-state index contributed by atoms with van der Waals surface area (Å²) in [4.78, 5) is 24.2. The SMILES string of the molecule is Cc1nc(NC2(C)CC2)c2c(C(=O)Nc3ccc(N4CCOCC4)cc3)coc2n1. The van der Waals surface area contributed by atoms with Gasteiger partial charge in [-0.2, -0.15) is 4.98 Å². The number of amides is 1. The minimum Gasteiger partial charge on any atom is -0.445 e. The molecule has 0 spiro atoms. The number of rotatable bonds is 5. The molecule has 0 unspecified atom stereocenters. The van der Waals surface area contributed by atoms with E-state index in [4.69, 9.17) is 9.15 Å². The molecule has 1 amide bonds. The Morgan fingerprint density at radius 1 is 1.13 bits per heavy atom. The summed E-state index contributed by atoms with van der Waals surface area (Å²) in [6.45, 7) is 7.19. The first-order valence-electron chi connectivity index (χ1n) is 10.3. The normalized spacial score (nSPS) is 17.7. The molecule has 2 aliphatic rings. The maximum Gasteiger partial charge on any atom is 0.259 e. The largest absolute Gasteiger partial charge is 0.445 e. The van der Waals surface area contributed by atoms with Crippen LogP contribution in [0.5, 0.6) is 0 Å². The van der Waals surface area contributed by atoms with Gasteiger partial charge in [0.2, 0.25) is 5.71 Å². The van der Waals surface area contributed by atoms with Crippen molar-refractivity contribution < 1.29 is 13.9 Å². The van der Waals surface area contributed by atoms with E-state index in [1.807, 2.05) is 31.2 Å². The van der Waals surface area contributed by atoms with Gasteiger partial charge in [0.1, 0.15) is 17.9 Å². The van der Waals surface area contributed by atoms with Crippen LogP contribution in [0.2, 0.25) is 0 Å². The fraction of sp³-hybridized carbons (Fsp3) is 0.409. The molecular formula is C22H25N5O3. The van der Waals surface area contributed by atoms with E-state index in [-0.39, 0.29) is 11.4 Å². The fourth-order valence-corrected chi connectivity index (χ4v) is 3.68. The standard InChI is InChI=1S/C22H25N5O3/c1-14-23-19(26-22(2)7-8-22)18-17(13-30-21(18)24-14)20(28)25-15-3-5-16(6-4-15)27-9-11-29-12-10-27/h3-6,13H,7-12H2,1-2H3,(H,25,28)(H,23,24,26). The molecule has 30 heavy (non-hydrogen) atoms. The van der Waals surface area contributed by atoms with Crippen LogP contribution in [-0.2, 0) is 4.74 Å². The molecule has 0 radical (unpaired) electrons. The van der Waals surface area contributed by atoms with Gasteiger partial charge in [-0.1, -0.05) is 0 Å². The number of aromatic nitrogens is 2. The Labute approximate surface area is 174 Å². The lowest BCUT2D eigenvalue weighted by Gasteiger charge is -2.28. The number of morpholine rings is 1. The van der Waals surface area contributed by atoms with Crippen LogP contribution < -0.4 is 15.5 Å². The zero-order valence-electron chi connectivity index (χ0n) is 17.2. The lowest BCUT2D eigenvalue weighted by Crippen LogP contribution is -2.36. The summed E-state index contributed by atoms with van der Waals surface area (Å²) >= 11 is 0. The molecule has 3 heterocycles. The smallest absolute Gasteiger partial charge is 0.259 e. The predicted molar refractivity (Wildman–Crippen MR) is 115 cm³/mol. The molecule has 1 saturated heterocycles. The first-order valence-corrected chi connectivity index (χ1v) is 10.3. The minimum absolute atomic E-state index is 0.0219. The molecule has 8 nitrogen and oxygen atoms in total. The van der Waals surface area contributed by atoms with E-state index < -0.39 is 0 Å². The molecule has 0 bridgehead atoms. The topological polar surface area (TPSA) is 92.5 Å². The Morgan fingerprint density at radius 3 is 2.57 bits per heavy atom. The van der Waals surface area contributed by atoms with E-state index in [2.05, 4.69) is 32.4 Å². The molecule has 2 N–H and O–H groups in total. The third-order valence-corrected chi connectivity index (χ3v) is 5.71. The second-order valence-corrected chi connectivity index (χ2v) is 8.24. The van der Waals surface area contributed by atoms with Crippen molar-refractivity contribution in [1.82, 2.24) is 9.97 Å². The second kappa shape index (κ2) is 7.28. The number of nitrogens with one attached hydrogen (secondary N) is 2. The summed E-state index contributed by atoms with van der Waals surface area (Å²) < 4.78 is 11.0. The first kappa shape index (κ1) is 18.9. The average Bonchev–Trinajstić information content (AvgIpc) is 3.31. The molecule has 1 aliphatic carbocycles. The van der Waals surface area contributed by atoms with Crippen molar-refractivity contribution >= 4 is 34.2 Å². The van der Waals surface area contributed by atoms with E-state index in [0.717, 1.165) is 50.5 Å². The molecule has 2 aromatic heterocycles. The number of hydrogen-bond donors (Lipinski definition) is 2. The molecule has 2 fully saturated rings. The zero-order chi connectivity index (χ0) is 20.7. The number of ether oxygens (including phenoxy) is 1. The van der Waals surface area contributed by atoms with Crippen molar-refractivity contribution in [3.63, 3.8) is 0 Å². The van der Waals surface area contributed by atoms with Crippen molar-refractivity contribution in [2.75, 3.05) is 41.8 Å². The minimum atomic E-state index is -0.246. The van der Waals surface area contributed by atoms with E-state index in [1.165, 1.54) is 6.26 Å². The van der Waals surface area contributed by atoms with Crippen LogP contribution in [0.3, 0.4) is 0 Å². The molecule has 8 heteroatoms. The lowest BCUT2D eigenvalue weighted by atomic mass is 10.2. The van der Waals surface area contributed by atoms with Crippen LogP contribution in [0.15, 0.2) is 34.9 Å². The van der Waals surface area contributed by atoms with Gasteiger partial charge in [-0.15, -0.1) is 0 Å². The van der Waals surface area contributed by atoms with Crippen LogP contribution in [-0.4, -0.2) is 47.7 Å². The number of furan rings is 1. The van der Waals surface area contributed by atoms with Gasteiger partial charge in [-0.25, -0.2) is 4.98 Å². The molecular weight excluding hydrogens is 382 g/mol. The van der Waals surface area contributed by atoms with Crippen LogP contribution in [0.4, 0.5) is 17.2 Å². The second-order valence-electron chi connectivity index (χ2n) is 8.24. The number of nitrogens with zero attached hydrogens (tertiary/aromatic N) is 3. The molecule has 3 aromatic rings. The summed E-state index contributed by atoms with van der Waals surface area (Å²) in [5.41, 5.74) is 2.71. The third kappa shape index (κ3) is 3.70. The Bertz CT molecular complexity index is 1080. The van der Waals surface area contributed by atoms with E-state index >= 15 is 0 Å². The van der Waals surface area contributed by atoms with Crippen LogP contribution >= 0.6 is 0 Å². The van der Waals surface area contributed by atoms with Gasteiger partial charge in [0.05, 0.1) is 24.2 Å². The fourth-order valence-electron chi connectivity index (χ4n) is 3.68. The Morgan fingerprint density at radius 2 is 1.87 bits per heavy atom. The molecule has 156 valence electrons. The third-order valence-electron chi connectivity index (χ3n) is 5.71. The first-order chi connectivity index (χ1) is 14.5. The molecule has 1 saturated carbocycles. The summed E-state index contributed by atoms with van der Waals surface area (Å²) in [5, 5.41) is 7.04. The summed E-state index contributed by atoms with van der Waals surface area (Å²) in [5.74, 6) is 1.01.